The minimum atomic E-state index is 0.0585. The van der Waals surface area contributed by atoms with Crippen LogP contribution in [0.15, 0.2) is 6.20 Å². The molecule has 1 aliphatic rings. The second-order valence-electron chi connectivity index (χ2n) is 4.76. The number of nitrogens with one attached hydrogen (secondary N) is 2. The van der Waals surface area contributed by atoms with E-state index in [0.717, 1.165) is 24.5 Å². The molecule has 0 atom stereocenters. The van der Waals surface area contributed by atoms with Crippen molar-refractivity contribution >= 4 is 0 Å². The van der Waals surface area contributed by atoms with Gasteiger partial charge in [0.15, 0.2) is 5.75 Å². The maximum absolute atomic E-state index is 5.79. The Kier molecular flexibility index (Phi) is 2.23. The summed E-state index contributed by atoms with van der Waals surface area (Å²) in [7, 11) is 0. The maximum atomic E-state index is 5.79. The first-order chi connectivity index (χ1) is 6.57. The minimum absolute atomic E-state index is 0.0585. The maximum Gasteiger partial charge on any atom is 0.161 e. The lowest BCUT2D eigenvalue weighted by Gasteiger charge is -2.29. The third-order valence-electron chi connectivity index (χ3n) is 2.39. The molecule has 0 amide bonds. The van der Waals surface area contributed by atoms with Crippen molar-refractivity contribution in [3.63, 3.8) is 0 Å². The van der Waals surface area contributed by atoms with Crippen LogP contribution in [-0.4, -0.2) is 29.4 Å². The molecule has 1 saturated heterocycles. The average molecular weight is 195 g/mol. The predicted octanol–water partition coefficient (Wildman–Crippen LogP) is 1.06. The van der Waals surface area contributed by atoms with Crippen LogP contribution in [0.3, 0.4) is 0 Å². The Bertz CT molecular complexity index is 309. The van der Waals surface area contributed by atoms with Crippen molar-refractivity contribution in [3.8, 4) is 5.75 Å². The van der Waals surface area contributed by atoms with Crippen LogP contribution in [0.25, 0.3) is 0 Å². The van der Waals surface area contributed by atoms with Crippen LogP contribution < -0.4 is 10.1 Å². The van der Waals surface area contributed by atoms with Crippen molar-refractivity contribution in [3.05, 3.63) is 11.9 Å². The monoisotopic (exact) mass is 195 g/mol. The number of hydrogen-bond donors (Lipinski definition) is 2. The van der Waals surface area contributed by atoms with E-state index in [2.05, 4.69) is 36.3 Å². The van der Waals surface area contributed by atoms with Crippen LogP contribution >= 0.6 is 0 Å². The molecule has 2 rings (SSSR count). The first kappa shape index (κ1) is 9.52. The summed E-state index contributed by atoms with van der Waals surface area (Å²) in [5.41, 5.74) is 1.13. The Labute approximate surface area is 84.0 Å². The minimum Gasteiger partial charge on any atom is -0.484 e. The normalized spacial score (nSPS) is 17.9. The molecule has 0 saturated carbocycles. The van der Waals surface area contributed by atoms with E-state index in [1.54, 1.807) is 6.20 Å². The number of hydrogen-bond acceptors (Lipinski definition) is 3. The fourth-order valence-corrected chi connectivity index (χ4v) is 1.43. The topological polar surface area (TPSA) is 49.9 Å². The molecule has 4 nitrogen and oxygen atoms in total. The molecule has 2 N–H and O–H groups in total. The molecule has 1 aromatic heterocycles. The fourth-order valence-electron chi connectivity index (χ4n) is 1.43. The van der Waals surface area contributed by atoms with Crippen LogP contribution in [0.2, 0.25) is 0 Å². The first-order valence-corrected chi connectivity index (χ1v) is 4.98. The molecule has 4 heteroatoms. The Balaban J connectivity index is 2.12. The van der Waals surface area contributed by atoms with Crippen LogP contribution in [0.5, 0.6) is 5.75 Å². The molecule has 0 bridgehead atoms. The van der Waals surface area contributed by atoms with Gasteiger partial charge in [-0.15, -0.1) is 0 Å². The van der Waals surface area contributed by atoms with Gasteiger partial charge in [0.2, 0.25) is 0 Å². The van der Waals surface area contributed by atoms with Gasteiger partial charge in [-0.3, -0.25) is 5.10 Å². The number of H-pyrrole nitrogens is 1. The van der Waals surface area contributed by atoms with Crippen LogP contribution in [0.4, 0.5) is 0 Å². The highest BCUT2D eigenvalue weighted by Gasteiger charge is 2.25. The molecule has 0 radical (unpaired) electrons. The zero-order chi connectivity index (χ0) is 10.2. The predicted molar refractivity (Wildman–Crippen MR) is 54.6 cm³/mol. The summed E-state index contributed by atoms with van der Waals surface area (Å²) < 4.78 is 5.79. The van der Waals surface area contributed by atoms with E-state index in [0.29, 0.717) is 6.10 Å². The highest BCUT2D eigenvalue weighted by molar-refractivity contribution is 5.30. The summed E-state index contributed by atoms with van der Waals surface area (Å²) in [5, 5.41) is 10.2. The molecular formula is C10H17N3O. The molecule has 0 aromatic carbocycles. The van der Waals surface area contributed by atoms with E-state index in [1.165, 1.54) is 0 Å². The summed E-state index contributed by atoms with van der Waals surface area (Å²) >= 11 is 0. The number of nitrogens with zero attached hydrogens (tertiary/aromatic N) is 1. The van der Waals surface area contributed by atoms with E-state index in [4.69, 9.17) is 4.74 Å². The lowest BCUT2D eigenvalue weighted by Crippen LogP contribution is -2.50. The molecule has 1 aliphatic heterocycles. The van der Waals surface area contributed by atoms with E-state index in [-0.39, 0.29) is 5.41 Å². The zero-order valence-electron chi connectivity index (χ0n) is 8.92. The van der Waals surface area contributed by atoms with Gasteiger partial charge < -0.3 is 10.1 Å². The molecule has 14 heavy (non-hydrogen) atoms. The fraction of sp³-hybridized carbons (Fsp3) is 0.700. The van der Waals surface area contributed by atoms with Gasteiger partial charge in [-0.2, -0.15) is 5.10 Å². The smallest absolute Gasteiger partial charge is 0.161 e. The van der Waals surface area contributed by atoms with Gasteiger partial charge in [0.1, 0.15) is 6.10 Å². The second-order valence-corrected chi connectivity index (χ2v) is 4.76. The Hall–Kier alpha value is -1.03. The standard InChI is InChI=1S/C10H17N3O/c1-10(2,3)9-8(6-12-13-9)14-7-4-11-5-7/h6-7,11H,4-5H2,1-3H3,(H,12,13). The highest BCUT2D eigenvalue weighted by Crippen LogP contribution is 2.29. The Morgan fingerprint density at radius 3 is 2.64 bits per heavy atom. The van der Waals surface area contributed by atoms with E-state index in [1.807, 2.05) is 0 Å². The molecule has 78 valence electrons. The van der Waals surface area contributed by atoms with Gasteiger partial charge in [-0.25, -0.2) is 0 Å². The van der Waals surface area contributed by atoms with E-state index < -0.39 is 0 Å². The van der Waals surface area contributed by atoms with Crippen LogP contribution in [0, 0.1) is 0 Å². The molecule has 0 spiro atoms. The quantitative estimate of drug-likeness (QED) is 0.741. The van der Waals surface area contributed by atoms with Crippen molar-refractivity contribution in [2.45, 2.75) is 32.3 Å². The van der Waals surface area contributed by atoms with Gasteiger partial charge in [0.05, 0.1) is 11.9 Å². The molecule has 0 unspecified atom stereocenters. The van der Waals surface area contributed by atoms with Crippen molar-refractivity contribution < 1.29 is 4.74 Å². The second kappa shape index (κ2) is 3.28. The zero-order valence-corrected chi connectivity index (χ0v) is 8.92. The summed E-state index contributed by atoms with van der Waals surface area (Å²) in [6, 6.07) is 0. The summed E-state index contributed by atoms with van der Waals surface area (Å²) in [6.07, 6.45) is 2.08. The number of ether oxygens (including phenoxy) is 1. The van der Waals surface area contributed by atoms with Gasteiger partial charge in [0, 0.05) is 18.5 Å². The molecular weight excluding hydrogens is 178 g/mol. The van der Waals surface area contributed by atoms with E-state index >= 15 is 0 Å². The lowest BCUT2D eigenvalue weighted by atomic mass is 9.92. The number of rotatable bonds is 2. The van der Waals surface area contributed by atoms with Crippen molar-refractivity contribution in [1.29, 1.82) is 0 Å². The Morgan fingerprint density at radius 1 is 1.43 bits per heavy atom. The Morgan fingerprint density at radius 2 is 2.14 bits per heavy atom. The third-order valence-corrected chi connectivity index (χ3v) is 2.39. The first-order valence-electron chi connectivity index (χ1n) is 4.98. The SMILES string of the molecule is CC(C)(C)c1[nH]ncc1OC1CNC1. The molecule has 1 fully saturated rings. The molecule has 0 aliphatic carbocycles. The van der Waals surface area contributed by atoms with Crippen molar-refractivity contribution in [2.24, 2.45) is 0 Å². The summed E-state index contributed by atoms with van der Waals surface area (Å²) in [4.78, 5) is 0. The lowest BCUT2D eigenvalue weighted by molar-refractivity contribution is 0.139. The molecule has 2 heterocycles. The summed E-state index contributed by atoms with van der Waals surface area (Å²) in [5.74, 6) is 0.893. The van der Waals surface area contributed by atoms with Gasteiger partial charge in [-0.1, -0.05) is 20.8 Å². The summed E-state index contributed by atoms with van der Waals surface area (Å²) in [6.45, 7) is 8.31. The average Bonchev–Trinajstić information content (AvgIpc) is 2.42. The van der Waals surface area contributed by atoms with Crippen LogP contribution in [0.1, 0.15) is 26.5 Å². The van der Waals surface area contributed by atoms with Gasteiger partial charge in [0.25, 0.3) is 0 Å². The number of aromatic amines is 1. The number of aromatic nitrogens is 2. The van der Waals surface area contributed by atoms with Crippen molar-refractivity contribution in [1.82, 2.24) is 15.5 Å². The molecule has 1 aromatic rings. The van der Waals surface area contributed by atoms with Gasteiger partial charge >= 0.3 is 0 Å². The van der Waals surface area contributed by atoms with E-state index in [9.17, 15) is 0 Å². The van der Waals surface area contributed by atoms with Gasteiger partial charge in [-0.05, 0) is 0 Å². The van der Waals surface area contributed by atoms with Crippen molar-refractivity contribution in [2.75, 3.05) is 13.1 Å². The van der Waals surface area contributed by atoms with Crippen LogP contribution in [-0.2, 0) is 5.41 Å². The largest absolute Gasteiger partial charge is 0.484 e. The highest BCUT2D eigenvalue weighted by atomic mass is 16.5. The third kappa shape index (κ3) is 1.75.